The Kier molecular flexibility index (Phi) is 7.39. The number of aliphatic hydroxyl groups is 1. The van der Waals surface area contributed by atoms with Crippen LogP contribution in [-0.2, 0) is 22.7 Å². The molecule has 3 rings (SSSR count). The van der Waals surface area contributed by atoms with E-state index >= 15 is 0 Å². The van der Waals surface area contributed by atoms with E-state index in [1.54, 1.807) is 18.2 Å². The van der Waals surface area contributed by atoms with E-state index in [0.717, 1.165) is 11.1 Å². The first kappa shape index (κ1) is 20.6. The molecule has 0 aliphatic heterocycles. The van der Waals surface area contributed by atoms with E-state index in [1.165, 1.54) is 0 Å². The summed E-state index contributed by atoms with van der Waals surface area (Å²) in [6, 6.07) is 26.2. The van der Waals surface area contributed by atoms with Crippen molar-refractivity contribution in [2.24, 2.45) is 11.7 Å². The smallest absolute Gasteiger partial charge is 0.313 e. The first-order chi connectivity index (χ1) is 14.2. The number of benzene rings is 3. The average Bonchev–Trinajstić information content (AvgIpc) is 2.78. The molecule has 0 heterocycles. The summed E-state index contributed by atoms with van der Waals surface area (Å²) in [4.78, 5) is 12.5. The predicted octanol–water partition coefficient (Wildman–Crippen LogP) is 3.62. The Bertz CT molecular complexity index is 899. The maximum Gasteiger partial charge on any atom is 0.313 e. The molecular weight excluding hydrogens is 366 g/mol. The lowest BCUT2D eigenvalue weighted by molar-refractivity contribution is -0.153. The van der Waals surface area contributed by atoms with Gasteiger partial charge in [-0.2, -0.15) is 0 Å². The highest BCUT2D eigenvalue weighted by molar-refractivity contribution is 5.73. The number of hydrogen-bond acceptors (Lipinski definition) is 5. The van der Waals surface area contributed by atoms with Crippen LogP contribution >= 0.6 is 0 Å². The normalized spacial score (nSPS) is 12.8. The van der Waals surface area contributed by atoms with Crippen molar-refractivity contribution >= 4 is 5.97 Å². The van der Waals surface area contributed by atoms with E-state index in [9.17, 15) is 9.90 Å². The molecule has 0 aliphatic carbocycles. The first-order valence-electron chi connectivity index (χ1n) is 9.52. The van der Waals surface area contributed by atoms with E-state index in [4.69, 9.17) is 15.2 Å². The van der Waals surface area contributed by atoms with Crippen LogP contribution in [0.4, 0.5) is 0 Å². The molecular formula is C24H25NO4. The summed E-state index contributed by atoms with van der Waals surface area (Å²) in [6.07, 6.45) is -1.08. The van der Waals surface area contributed by atoms with Crippen LogP contribution in [-0.4, -0.2) is 17.6 Å². The number of nitrogens with two attached hydrogens (primary N) is 1. The Morgan fingerprint density at radius 1 is 0.862 bits per heavy atom. The highest BCUT2D eigenvalue weighted by atomic mass is 16.5. The molecule has 0 aliphatic rings. The van der Waals surface area contributed by atoms with Gasteiger partial charge < -0.3 is 20.3 Å². The van der Waals surface area contributed by atoms with Gasteiger partial charge in [-0.05, 0) is 28.8 Å². The SMILES string of the molecule is NC[C@H](C(=O)OCc1ccccc1)C(O)c1cccc(OCc2ccccc2)c1. The summed E-state index contributed by atoms with van der Waals surface area (Å²) in [5.74, 6) is -0.777. The molecule has 150 valence electrons. The molecule has 0 saturated heterocycles. The van der Waals surface area contributed by atoms with Crippen LogP contribution < -0.4 is 10.5 Å². The Morgan fingerprint density at radius 2 is 1.48 bits per heavy atom. The Labute approximate surface area is 170 Å². The largest absolute Gasteiger partial charge is 0.489 e. The molecule has 0 radical (unpaired) electrons. The topological polar surface area (TPSA) is 81.8 Å². The lowest BCUT2D eigenvalue weighted by Crippen LogP contribution is -2.31. The molecule has 5 nitrogen and oxygen atoms in total. The van der Waals surface area contributed by atoms with E-state index in [0.29, 0.717) is 17.9 Å². The highest BCUT2D eigenvalue weighted by Gasteiger charge is 2.28. The maximum atomic E-state index is 12.5. The molecule has 3 N–H and O–H groups in total. The fourth-order valence-electron chi connectivity index (χ4n) is 2.95. The molecule has 0 aromatic heterocycles. The number of aliphatic hydroxyl groups excluding tert-OH is 1. The molecule has 0 saturated carbocycles. The third kappa shape index (κ3) is 5.91. The zero-order valence-electron chi connectivity index (χ0n) is 16.1. The Balaban J connectivity index is 1.62. The highest BCUT2D eigenvalue weighted by Crippen LogP contribution is 2.26. The lowest BCUT2D eigenvalue weighted by Gasteiger charge is -2.21. The molecule has 0 fully saturated rings. The van der Waals surface area contributed by atoms with Gasteiger partial charge in [-0.15, -0.1) is 0 Å². The van der Waals surface area contributed by atoms with Crippen LogP contribution in [0, 0.1) is 5.92 Å². The third-order valence-electron chi connectivity index (χ3n) is 4.61. The van der Waals surface area contributed by atoms with Crippen LogP contribution in [0.2, 0.25) is 0 Å². The van der Waals surface area contributed by atoms with Crippen LogP contribution in [0.15, 0.2) is 84.9 Å². The van der Waals surface area contributed by atoms with Gasteiger partial charge in [0.15, 0.2) is 0 Å². The van der Waals surface area contributed by atoms with Gasteiger partial charge in [0.1, 0.15) is 19.0 Å². The number of hydrogen-bond donors (Lipinski definition) is 2. The number of carbonyl (C=O) groups excluding carboxylic acids is 1. The van der Waals surface area contributed by atoms with Crippen molar-refractivity contribution in [3.63, 3.8) is 0 Å². The second-order valence-corrected chi connectivity index (χ2v) is 6.73. The summed E-state index contributed by atoms with van der Waals surface area (Å²) in [5.41, 5.74) is 8.24. The van der Waals surface area contributed by atoms with E-state index in [-0.39, 0.29) is 13.2 Å². The number of rotatable bonds is 9. The minimum absolute atomic E-state index is 0.0239. The van der Waals surface area contributed by atoms with Gasteiger partial charge in [-0.25, -0.2) is 0 Å². The molecule has 0 amide bonds. The van der Waals surface area contributed by atoms with Gasteiger partial charge in [-0.1, -0.05) is 72.8 Å². The minimum atomic E-state index is -1.08. The van der Waals surface area contributed by atoms with E-state index in [1.807, 2.05) is 66.7 Å². The van der Waals surface area contributed by atoms with Gasteiger partial charge in [0.05, 0.1) is 12.0 Å². The summed E-state index contributed by atoms with van der Waals surface area (Å²) < 4.78 is 11.2. The summed E-state index contributed by atoms with van der Waals surface area (Å²) in [7, 11) is 0. The molecule has 29 heavy (non-hydrogen) atoms. The summed E-state index contributed by atoms with van der Waals surface area (Å²) in [5, 5.41) is 10.7. The van der Waals surface area contributed by atoms with Crippen molar-refractivity contribution in [3.8, 4) is 5.75 Å². The molecule has 2 atom stereocenters. The predicted molar refractivity (Wildman–Crippen MR) is 111 cm³/mol. The van der Waals surface area contributed by atoms with Crippen molar-refractivity contribution in [1.29, 1.82) is 0 Å². The first-order valence-corrected chi connectivity index (χ1v) is 9.52. The van der Waals surface area contributed by atoms with Gasteiger partial charge in [0.2, 0.25) is 0 Å². The molecule has 3 aromatic rings. The van der Waals surface area contributed by atoms with Crippen LogP contribution in [0.1, 0.15) is 22.8 Å². The van der Waals surface area contributed by atoms with Gasteiger partial charge in [0.25, 0.3) is 0 Å². The fourth-order valence-corrected chi connectivity index (χ4v) is 2.95. The summed E-state index contributed by atoms with van der Waals surface area (Å²) >= 11 is 0. The Morgan fingerprint density at radius 3 is 2.10 bits per heavy atom. The third-order valence-corrected chi connectivity index (χ3v) is 4.61. The number of ether oxygens (including phenoxy) is 2. The monoisotopic (exact) mass is 391 g/mol. The van der Waals surface area contributed by atoms with Crippen LogP contribution in [0.25, 0.3) is 0 Å². The molecule has 0 spiro atoms. The molecule has 3 aromatic carbocycles. The lowest BCUT2D eigenvalue weighted by atomic mass is 9.95. The van der Waals surface area contributed by atoms with Gasteiger partial charge in [-0.3, -0.25) is 4.79 Å². The van der Waals surface area contributed by atoms with Crippen molar-refractivity contribution in [1.82, 2.24) is 0 Å². The average molecular weight is 391 g/mol. The minimum Gasteiger partial charge on any atom is -0.489 e. The maximum absolute atomic E-state index is 12.5. The van der Waals surface area contributed by atoms with Crippen LogP contribution in [0.5, 0.6) is 5.75 Å². The van der Waals surface area contributed by atoms with E-state index < -0.39 is 18.0 Å². The fraction of sp³-hybridized carbons (Fsp3) is 0.208. The van der Waals surface area contributed by atoms with Crippen molar-refractivity contribution in [3.05, 3.63) is 102 Å². The van der Waals surface area contributed by atoms with Crippen molar-refractivity contribution < 1.29 is 19.4 Å². The molecule has 5 heteroatoms. The quantitative estimate of drug-likeness (QED) is 0.545. The second-order valence-electron chi connectivity index (χ2n) is 6.73. The van der Waals surface area contributed by atoms with Crippen molar-refractivity contribution in [2.45, 2.75) is 19.3 Å². The Hall–Kier alpha value is -3.15. The van der Waals surface area contributed by atoms with Gasteiger partial charge in [0, 0.05) is 6.54 Å². The van der Waals surface area contributed by atoms with E-state index in [2.05, 4.69) is 0 Å². The zero-order chi connectivity index (χ0) is 20.5. The van der Waals surface area contributed by atoms with Crippen molar-refractivity contribution in [2.75, 3.05) is 6.54 Å². The number of carbonyl (C=O) groups is 1. The van der Waals surface area contributed by atoms with Crippen LogP contribution in [0.3, 0.4) is 0 Å². The molecule has 0 bridgehead atoms. The summed E-state index contributed by atoms with van der Waals surface area (Å²) in [6.45, 7) is 0.535. The van der Waals surface area contributed by atoms with Gasteiger partial charge >= 0.3 is 5.97 Å². The molecule has 1 unspecified atom stereocenters. The standard InChI is InChI=1S/C24H25NO4/c25-15-22(24(27)29-17-19-10-5-2-6-11-19)23(26)20-12-7-13-21(14-20)28-16-18-8-3-1-4-9-18/h1-14,22-23,26H,15-17,25H2/t22-,23?/m0/s1. The zero-order valence-corrected chi connectivity index (χ0v) is 16.1. The second kappa shape index (κ2) is 10.4. The number of esters is 1.